The number of likely N-dealkylation sites (tertiary alicyclic amines) is 1. The molecule has 0 amide bonds. The van der Waals surface area contributed by atoms with Crippen LogP contribution in [0.2, 0.25) is 0 Å². The van der Waals surface area contributed by atoms with Gasteiger partial charge in [-0.05, 0) is 18.6 Å². The summed E-state index contributed by atoms with van der Waals surface area (Å²) in [4.78, 5) is 16.4. The number of rotatable bonds is 6. The third-order valence-electron chi connectivity index (χ3n) is 3.55. The summed E-state index contributed by atoms with van der Waals surface area (Å²) in [6.07, 6.45) is 1.11. The molecule has 1 fully saturated rings. The third-order valence-corrected chi connectivity index (χ3v) is 4.82. The van der Waals surface area contributed by atoms with Gasteiger partial charge in [-0.3, -0.25) is 9.69 Å². The van der Waals surface area contributed by atoms with Crippen LogP contribution in [0.4, 0.5) is 0 Å². The van der Waals surface area contributed by atoms with Gasteiger partial charge < -0.3 is 9.47 Å². The van der Waals surface area contributed by atoms with Gasteiger partial charge in [-0.15, -0.1) is 11.3 Å². The molecule has 0 saturated carbocycles. The highest BCUT2D eigenvalue weighted by atomic mass is 32.1. The molecular weight excluding hydrogens is 262 g/mol. The van der Waals surface area contributed by atoms with Gasteiger partial charge in [0.2, 0.25) is 0 Å². The maximum atomic E-state index is 12.2. The predicted molar refractivity (Wildman–Crippen MR) is 76.1 cm³/mol. The Labute approximate surface area is 118 Å². The molecule has 1 aliphatic rings. The van der Waals surface area contributed by atoms with Gasteiger partial charge in [-0.25, -0.2) is 0 Å². The van der Waals surface area contributed by atoms with Crippen molar-refractivity contribution in [1.82, 2.24) is 4.90 Å². The minimum Gasteiger partial charge on any atom is -0.377 e. The molecule has 2 rings (SSSR count). The molecule has 1 aromatic heterocycles. The van der Waals surface area contributed by atoms with Crippen LogP contribution in [-0.4, -0.2) is 56.7 Å². The Bertz CT molecular complexity index is 420. The Balaban J connectivity index is 1.93. The third kappa shape index (κ3) is 3.42. The lowest BCUT2D eigenvalue weighted by molar-refractivity contribution is -0.00461. The van der Waals surface area contributed by atoms with Gasteiger partial charge in [0.05, 0.1) is 23.6 Å². The molecule has 0 radical (unpaired) electrons. The smallest absolute Gasteiger partial charge is 0.186 e. The predicted octanol–water partition coefficient (Wildman–Crippen LogP) is 1.84. The molecule has 1 aromatic rings. The van der Waals surface area contributed by atoms with Crippen molar-refractivity contribution in [2.45, 2.75) is 25.6 Å². The average molecular weight is 283 g/mol. The summed E-state index contributed by atoms with van der Waals surface area (Å²) in [5.41, 5.74) is 0. The quantitative estimate of drug-likeness (QED) is 0.747. The van der Waals surface area contributed by atoms with E-state index in [0.717, 1.165) is 24.4 Å². The van der Waals surface area contributed by atoms with Crippen LogP contribution in [0.5, 0.6) is 0 Å². The van der Waals surface area contributed by atoms with Crippen molar-refractivity contribution in [2.24, 2.45) is 0 Å². The van der Waals surface area contributed by atoms with Crippen molar-refractivity contribution in [3.8, 4) is 0 Å². The number of carbonyl (C=O) groups is 1. The number of carbonyl (C=O) groups excluding carboxylic acids is 1. The summed E-state index contributed by atoms with van der Waals surface area (Å²) >= 11 is 1.60. The zero-order valence-electron chi connectivity index (χ0n) is 11.7. The van der Waals surface area contributed by atoms with Crippen LogP contribution >= 0.6 is 11.3 Å². The standard InChI is InChI=1S/C14H21NO3S/c1-4-10-5-6-14(19-10)11(16)7-15-8-12(17-2)13(9-15)18-3/h5-6,12-13H,4,7-9H2,1-3H3. The molecule has 2 unspecified atom stereocenters. The van der Waals surface area contributed by atoms with E-state index in [4.69, 9.17) is 9.47 Å². The minimum absolute atomic E-state index is 0.0624. The van der Waals surface area contributed by atoms with Crippen molar-refractivity contribution in [3.63, 3.8) is 0 Å². The Hall–Kier alpha value is -0.750. The lowest BCUT2D eigenvalue weighted by Gasteiger charge is -2.13. The van der Waals surface area contributed by atoms with Gasteiger partial charge in [0.25, 0.3) is 0 Å². The minimum atomic E-state index is 0.0624. The highest BCUT2D eigenvalue weighted by Gasteiger charge is 2.33. The number of hydrogen-bond donors (Lipinski definition) is 0. The summed E-state index contributed by atoms with van der Waals surface area (Å²) in [5.74, 6) is 0.191. The molecule has 0 N–H and O–H groups in total. The largest absolute Gasteiger partial charge is 0.377 e. The second kappa shape index (κ2) is 6.61. The fourth-order valence-corrected chi connectivity index (χ4v) is 3.28. The number of ether oxygens (including phenoxy) is 2. The normalized spacial score (nSPS) is 23.9. The zero-order valence-corrected chi connectivity index (χ0v) is 12.5. The van der Waals surface area contributed by atoms with Gasteiger partial charge in [0.15, 0.2) is 5.78 Å². The number of methoxy groups -OCH3 is 2. The van der Waals surface area contributed by atoms with Crippen LogP contribution in [0.1, 0.15) is 21.5 Å². The molecule has 0 bridgehead atoms. The molecule has 4 nitrogen and oxygen atoms in total. The van der Waals surface area contributed by atoms with Gasteiger partial charge in [0.1, 0.15) is 0 Å². The van der Waals surface area contributed by atoms with E-state index in [9.17, 15) is 4.79 Å². The summed E-state index contributed by atoms with van der Waals surface area (Å²) in [6.45, 7) is 4.07. The van der Waals surface area contributed by atoms with Crippen LogP contribution < -0.4 is 0 Å². The van der Waals surface area contributed by atoms with Gasteiger partial charge in [-0.2, -0.15) is 0 Å². The van der Waals surface area contributed by atoms with E-state index >= 15 is 0 Å². The van der Waals surface area contributed by atoms with Crippen molar-refractivity contribution >= 4 is 17.1 Å². The average Bonchev–Trinajstić information content (AvgIpc) is 3.04. The van der Waals surface area contributed by atoms with Crippen molar-refractivity contribution in [3.05, 3.63) is 21.9 Å². The molecule has 1 saturated heterocycles. The first kappa shape index (κ1) is 14.7. The van der Waals surface area contributed by atoms with Gasteiger partial charge >= 0.3 is 0 Å². The Kier molecular flexibility index (Phi) is 5.10. The second-order valence-corrected chi connectivity index (χ2v) is 5.95. The summed E-state index contributed by atoms with van der Waals surface area (Å²) in [5, 5.41) is 0. The number of aryl methyl sites for hydroxylation is 1. The lowest BCUT2D eigenvalue weighted by atomic mass is 10.3. The molecule has 0 spiro atoms. The first-order chi connectivity index (χ1) is 9.17. The second-order valence-electron chi connectivity index (χ2n) is 4.79. The summed E-state index contributed by atoms with van der Waals surface area (Å²) in [7, 11) is 3.38. The molecule has 106 valence electrons. The lowest BCUT2D eigenvalue weighted by Crippen LogP contribution is -2.28. The Morgan fingerprint density at radius 1 is 1.32 bits per heavy atom. The Morgan fingerprint density at radius 3 is 2.42 bits per heavy atom. The fraction of sp³-hybridized carbons (Fsp3) is 0.643. The first-order valence-electron chi connectivity index (χ1n) is 6.57. The fourth-order valence-electron chi connectivity index (χ4n) is 2.40. The van der Waals surface area contributed by atoms with Crippen LogP contribution in [0.3, 0.4) is 0 Å². The molecular formula is C14H21NO3S. The van der Waals surface area contributed by atoms with E-state index in [2.05, 4.69) is 11.8 Å². The molecule has 1 aliphatic heterocycles. The highest BCUT2D eigenvalue weighted by Crippen LogP contribution is 2.20. The van der Waals surface area contributed by atoms with Crippen molar-refractivity contribution in [2.75, 3.05) is 33.9 Å². The SMILES string of the molecule is CCc1ccc(C(=O)CN2CC(OC)C(OC)C2)s1. The van der Waals surface area contributed by atoms with E-state index in [-0.39, 0.29) is 18.0 Å². The van der Waals surface area contributed by atoms with Crippen molar-refractivity contribution < 1.29 is 14.3 Å². The molecule has 0 aromatic carbocycles. The number of nitrogens with zero attached hydrogens (tertiary/aromatic N) is 1. The topological polar surface area (TPSA) is 38.8 Å². The van der Waals surface area contributed by atoms with Crippen LogP contribution in [0, 0.1) is 0 Å². The molecule has 19 heavy (non-hydrogen) atoms. The van der Waals surface area contributed by atoms with Crippen LogP contribution in [0.25, 0.3) is 0 Å². The Morgan fingerprint density at radius 2 is 1.95 bits per heavy atom. The number of Topliss-reactive ketones (excluding diaryl/α,β-unsaturated/α-hetero) is 1. The van der Waals surface area contributed by atoms with Crippen LogP contribution in [-0.2, 0) is 15.9 Å². The molecule has 0 aliphatic carbocycles. The molecule has 5 heteroatoms. The number of thiophene rings is 1. The maximum Gasteiger partial charge on any atom is 0.186 e. The van der Waals surface area contributed by atoms with Gasteiger partial charge in [-0.1, -0.05) is 6.92 Å². The van der Waals surface area contributed by atoms with Crippen molar-refractivity contribution in [1.29, 1.82) is 0 Å². The molecule has 2 atom stereocenters. The van der Waals surface area contributed by atoms with E-state index < -0.39 is 0 Å². The summed E-state index contributed by atoms with van der Waals surface area (Å²) < 4.78 is 10.8. The summed E-state index contributed by atoms with van der Waals surface area (Å²) in [6, 6.07) is 3.97. The van der Waals surface area contributed by atoms with E-state index in [0.29, 0.717) is 6.54 Å². The van der Waals surface area contributed by atoms with E-state index in [1.807, 2.05) is 12.1 Å². The zero-order chi connectivity index (χ0) is 13.8. The number of ketones is 1. The maximum absolute atomic E-state index is 12.2. The van der Waals surface area contributed by atoms with E-state index in [1.165, 1.54) is 4.88 Å². The first-order valence-corrected chi connectivity index (χ1v) is 7.39. The number of hydrogen-bond acceptors (Lipinski definition) is 5. The monoisotopic (exact) mass is 283 g/mol. The van der Waals surface area contributed by atoms with Gasteiger partial charge in [0, 0.05) is 32.2 Å². The highest BCUT2D eigenvalue weighted by molar-refractivity contribution is 7.14. The molecule has 2 heterocycles. The van der Waals surface area contributed by atoms with E-state index in [1.54, 1.807) is 25.6 Å². The van der Waals surface area contributed by atoms with Crippen LogP contribution in [0.15, 0.2) is 12.1 Å².